The second-order valence-corrected chi connectivity index (χ2v) is 16.5. The number of nitriles is 2. The van der Waals surface area contributed by atoms with Gasteiger partial charge < -0.3 is 18.0 Å². The smallest absolute Gasteiger partial charge is 0.417 e. The van der Waals surface area contributed by atoms with Gasteiger partial charge in [0.25, 0.3) is 0 Å². The van der Waals surface area contributed by atoms with Crippen molar-refractivity contribution in [2.45, 2.75) is 6.18 Å². The van der Waals surface area contributed by atoms with E-state index in [9.17, 15) is 23.7 Å². The minimum absolute atomic E-state index is 0.0904. The van der Waals surface area contributed by atoms with Gasteiger partial charge in [-0.3, -0.25) is 0 Å². The molecule has 66 heavy (non-hydrogen) atoms. The molecule has 4 aromatic heterocycles. The van der Waals surface area contributed by atoms with E-state index < -0.39 is 11.7 Å². The summed E-state index contributed by atoms with van der Waals surface area (Å²) in [5.74, 6) is 0. The van der Waals surface area contributed by atoms with Crippen LogP contribution in [0.1, 0.15) is 16.7 Å². The standard InChI is InChI=1S/C57H29F3N4O2/c58-57(59,60)45-27-32(30-61)17-21-36(45)33-19-24-48(64-47-14-6-2-12-42(47)54-50(64)26-23-40-38-10-4-8-16-52(38)66-56(40)54)44(28-33)43-29-35(20-18-34(43)31-62)63-46-13-5-1-11-41(46)53-49(63)25-22-39-37-9-3-7-15-51(37)65-55(39)53/h1-29H. The molecule has 9 aromatic carbocycles. The Balaban J connectivity index is 1.13. The van der Waals surface area contributed by atoms with Crippen molar-refractivity contribution in [3.05, 3.63) is 193 Å². The summed E-state index contributed by atoms with van der Waals surface area (Å²) < 4.78 is 62.1. The summed E-state index contributed by atoms with van der Waals surface area (Å²) in [6.07, 6.45) is -4.76. The van der Waals surface area contributed by atoms with Gasteiger partial charge in [0.2, 0.25) is 0 Å². The van der Waals surface area contributed by atoms with E-state index in [2.05, 4.69) is 45.5 Å². The summed E-state index contributed by atoms with van der Waals surface area (Å²) in [4.78, 5) is 0. The van der Waals surface area contributed by atoms with Crippen LogP contribution in [0.4, 0.5) is 13.2 Å². The van der Waals surface area contributed by atoms with Gasteiger partial charge in [-0.05, 0) is 102 Å². The Morgan fingerprint density at radius 1 is 0.439 bits per heavy atom. The van der Waals surface area contributed by atoms with E-state index in [0.29, 0.717) is 22.4 Å². The van der Waals surface area contributed by atoms with Crippen molar-refractivity contribution in [2.24, 2.45) is 0 Å². The van der Waals surface area contributed by atoms with Crippen molar-refractivity contribution in [3.8, 4) is 45.8 Å². The third kappa shape index (κ3) is 5.29. The number of fused-ring (bicyclic) bond motifs is 14. The highest BCUT2D eigenvalue weighted by Crippen LogP contribution is 2.46. The predicted octanol–water partition coefficient (Wildman–Crippen LogP) is 15.8. The maximum absolute atomic E-state index is 14.9. The highest BCUT2D eigenvalue weighted by atomic mass is 19.4. The van der Waals surface area contributed by atoms with E-state index in [0.717, 1.165) is 99.2 Å². The van der Waals surface area contributed by atoms with Gasteiger partial charge in [0.15, 0.2) is 0 Å². The molecule has 0 saturated carbocycles. The third-order valence-electron chi connectivity index (χ3n) is 13.0. The lowest BCUT2D eigenvalue weighted by molar-refractivity contribution is -0.137. The molecule has 0 spiro atoms. The fourth-order valence-electron chi connectivity index (χ4n) is 10.2. The molecule has 0 aliphatic rings. The average molecular weight is 859 g/mol. The van der Waals surface area contributed by atoms with E-state index in [-0.39, 0.29) is 16.7 Å². The maximum atomic E-state index is 14.9. The van der Waals surface area contributed by atoms with E-state index >= 15 is 0 Å². The summed E-state index contributed by atoms with van der Waals surface area (Å²) >= 11 is 0. The fourth-order valence-corrected chi connectivity index (χ4v) is 10.2. The first-order valence-corrected chi connectivity index (χ1v) is 21.3. The molecule has 9 heteroatoms. The number of hydrogen-bond donors (Lipinski definition) is 0. The molecular weight excluding hydrogens is 830 g/mol. The highest BCUT2D eigenvalue weighted by molar-refractivity contribution is 6.25. The van der Waals surface area contributed by atoms with E-state index in [1.807, 2.05) is 115 Å². The number of hydrogen-bond acceptors (Lipinski definition) is 4. The zero-order valence-corrected chi connectivity index (χ0v) is 34.5. The second-order valence-electron chi connectivity index (χ2n) is 16.5. The summed E-state index contributed by atoms with van der Waals surface area (Å²) in [5.41, 5.74) is 8.38. The number of para-hydroxylation sites is 4. The Morgan fingerprint density at radius 2 is 1.02 bits per heavy atom. The fraction of sp³-hybridized carbons (Fsp3) is 0.0175. The van der Waals surface area contributed by atoms with Gasteiger partial charge in [0, 0.05) is 49.1 Å². The van der Waals surface area contributed by atoms with Gasteiger partial charge in [-0.25, -0.2) is 0 Å². The van der Waals surface area contributed by atoms with Gasteiger partial charge in [0.1, 0.15) is 22.3 Å². The molecule has 0 fully saturated rings. The summed E-state index contributed by atoms with van der Waals surface area (Å²) in [6, 6.07) is 59.0. The van der Waals surface area contributed by atoms with Crippen molar-refractivity contribution < 1.29 is 22.0 Å². The van der Waals surface area contributed by atoms with Crippen LogP contribution < -0.4 is 0 Å². The lowest BCUT2D eigenvalue weighted by Gasteiger charge is -2.19. The van der Waals surface area contributed by atoms with Crippen LogP contribution in [0.2, 0.25) is 0 Å². The number of alkyl halides is 3. The minimum Gasteiger partial charge on any atom is -0.455 e. The Hall–Kier alpha value is -9.05. The predicted molar refractivity (Wildman–Crippen MR) is 255 cm³/mol. The van der Waals surface area contributed by atoms with Crippen LogP contribution >= 0.6 is 0 Å². The summed E-state index contributed by atoms with van der Waals surface area (Å²) in [6.45, 7) is 0. The van der Waals surface area contributed by atoms with E-state index in [1.54, 1.807) is 18.2 Å². The Morgan fingerprint density at radius 3 is 1.62 bits per heavy atom. The average Bonchev–Trinajstić information content (AvgIpc) is 4.11. The molecule has 0 radical (unpaired) electrons. The second kappa shape index (κ2) is 13.7. The molecule has 13 aromatic rings. The first-order valence-electron chi connectivity index (χ1n) is 21.3. The topological polar surface area (TPSA) is 83.7 Å². The molecule has 0 saturated heterocycles. The molecule has 0 atom stereocenters. The molecule has 0 aliphatic carbocycles. The molecule has 0 N–H and O–H groups in total. The molecule has 13 rings (SSSR count). The minimum atomic E-state index is -4.76. The van der Waals surface area contributed by atoms with Crippen molar-refractivity contribution in [3.63, 3.8) is 0 Å². The molecule has 4 heterocycles. The molecule has 0 aliphatic heterocycles. The first kappa shape index (κ1) is 37.5. The maximum Gasteiger partial charge on any atom is 0.417 e. The molecule has 0 amide bonds. The molecule has 0 unspecified atom stereocenters. The number of nitrogens with zero attached hydrogens (tertiary/aromatic N) is 4. The lowest BCUT2D eigenvalue weighted by atomic mass is 9.91. The van der Waals surface area contributed by atoms with Crippen LogP contribution in [-0.4, -0.2) is 9.13 Å². The normalized spacial score (nSPS) is 12.1. The SMILES string of the molecule is N#Cc1ccc(-c2ccc(-n3c4ccccc4c4c5oc6ccccc6c5ccc43)c(-c3cc(-n4c5ccccc5c5c6oc7ccccc7c6ccc54)ccc3C#N)c2)c(C(F)(F)F)c1. The van der Waals surface area contributed by atoms with Crippen LogP contribution in [0, 0.1) is 22.7 Å². The Labute approximate surface area is 372 Å². The van der Waals surface area contributed by atoms with Crippen LogP contribution in [0.5, 0.6) is 0 Å². The first-order chi connectivity index (χ1) is 32.3. The highest BCUT2D eigenvalue weighted by Gasteiger charge is 2.34. The van der Waals surface area contributed by atoms with Gasteiger partial charge in [-0.2, -0.15) is 23.7 Å². The molecule has 0 bridgehead atoms. The lowest BCUT2D eigenvalue weighted by Crippen LogP contribution is -2.08. The van der Waals surface area contributed by atoms with Crippen LogP contribution in [0.15, 0.2) is 185 Å². The van der Waals surface area contributed by atoms with Gasteiger partial charge >= 0.3 is 6.18 Å². The Kier molecular flexibility index (Phi) is 7.80. The van der Waals surface area contributed by atoms with Crippen molar-refractivity contribution >= 4 is 87.5 Å². The van der Waals surface area contributed by atoms with Crippen LogP contribution in [0.25, 0.3) is 121 Å². The van der Waals surface area contributed by atoms with Crippen molar-refractivity contribution in [2.75, 3.05) is 0 Å². The number of benzene rings is 9. The van der Waals surface area contributed by atoms with Crippen molar-refractivity contribution in [1.29, 1.82) is 10.5 Å². The van der Waals surface area contributed by atoms with Crippen LogP contribution in [-0.2, 0) is 6.18 Å². The Bertz CT molecular complexity index is 4320. The van der Waals surface area contributed by atoms with E-state index in [4.69, 9.17) is 8.83 Å². The van der Waals surface area contributed by atoms with Gasteiger partial charge in [-0.15, -0.1) is 0 Å². The molecular formula is C57H29F3N4O2. The summed E-state index contributed by atoms with van der Waals surface area (Å²) in [5, 5.41) is 28.2. The van der Waals surface area contributed by atoms with Gasteiger partial charge in [0.05, 0.1) is 67.4 Å². The quantitative estimate of drug-likeness (QED) is 0.176. The zero-order valence-electron chi connectivity index (χ0n) is 34.5. The molecule has 310 valence electrons. The number of halogens is 3. The van der Waals surface area contributed by atoms with Crippen LogP contribution in [0.3, 0.4) is 0 Å². The number of furan rings is 2. The van der Waals surface area contributed by atoms with Gasteiger partial charge in [-0.1, -0.05) is 84.9 Å². The summed E-state index contributed by atoms with van der Waals surface area (Å²) in [7, 11) is 0. The largest absolute Gasteiger partial charge is 0.455 e. The van der Waals surface area contributed by atoms with Crippen molar-refractivity contribution in [1.82, 2.24) is 9.13 Å². The van der Waals surface area contributed by atoms with E-state index in [1.165, 1.54) is 12.1 Å². The molecule has 6 nitrogen and oxygen atoms in total. The number of aromatic nitrogens is 2. The third-order valence-corrected chi connectivity index (χ3v) is 13.0. The monoisotopic (exact) mass is 858 g/mol. The number of rotatable bonds is 4. The zero-order chi connectivity index (χ0) is 44.4.